The Kier molecular flexibility index (Phi) is 2.70. The first-order valence-electron chi connectivity index (χ1n) is 6.33. The first-order chi connectivity index (χ1) is 8.99. The number of hydrogen-bond donors (Lipinski definition) is 1. The quantitative estimate of drug-likeness (QED) is 0.854. The maximum absolute atomic E-state index is 12.4. The predicted molar refractivity (Wildman–Crippen MR) is 77.3 cm³/mol. The SMILES string of the molecule is Cc1cc2c(=O)n(CC3(CC(N)=S)CC3)ccn2n1. The van der Waals surface area contributed by atoms with E-state index >= 15 is 0 Å². The zero-order valence-electron chi connectivity index (χ0n) is 10.8. The van der Waals surface area contributed by atoms with Crippen molar-refractivity contribution >= 4 is 22.7 Å². The van der Waals surface area contributed by atoms with E-state index in [0.717, 1.165) is 25.0 Å². The number of rotatable bonds is 4. The molecule has 0 bridgehead atoms. The third kappa shape index (κ3) is 2.28. The van der Waals surface area contributed by atoms with E-state index in [1.54, 1.807) is 15.3 Å². The molecule has 2 aromatic heterocycles. The molecule has 0 unspecified atom stereocenters. The summed E-state index contributed by atoms with van der Waals surface area (Å²) < 4.78 is 3.38. The lowest BCUT2D eigenvalue weighted by atomic mass is 10.0. The number of nitrogens with zero attached hydrogens (tertiary/aromatic N) is 3. The smallest absolute Gasteiger partial charge is 0.276 e. The van der Waals surface area contributed by atoms with E-state index in [1.807, 2.05) is 19.2 Å². The number of thiocarbonyl (C=S) groups is 1. The van der Waals surface area contributed by atoms with Crippen LogP contribution in [-0.4, -0.2) is 19.2 Å². The minimum absolute atomic E-state index is 0.00249. The Morgan fingerprint density at radius 3 is 2.89 bits per heavy atom. The van der Waals surface area contributed by atoms with E-state index < -0.39 is 0 Å². The average molecular weight is 276 g/mol. The molecule has 0 aliphatic heterocycles. The molecule has 0 saturated heterocycles. The van der Waals surface area contributed by atoms with Gasteiger partial charge in [-0.25, -0.2) is 4.52 Å². The van der Waals surface area contributed by atoms with Crippen molar-refractivity contribution in [1.82, 2.24) is 14.2 Å². The highest BCUT2D eigenvalue weighted by Gasteiger charge is 2.43. The van der Waals surface area contributed by atoms with Gasteiger partial charge in [-0.15, -0.1) is 0 Å². The molecule has 19 heavy (non-hydrogen) atoms. The van der Waals surface area contributed by atoms with Crippen molar-refractivity contribution in [1.29, 1.82) is 0 Å². The molecule has 0 aromatic carbocycles. The third-order valence-corrected chi connectivity index (χ3v) is 3.88. The van der Waals surface area contributed by atoms with Gasteiger partial charge in [-0.2, -0.15) is 5.10 Å². The van der Waals surface area contributed by atoms with Gasteiger partial charge in [0.25, 0.3) is 5.56 Å². The van der Waals surface area contributed by atoms with Crippen LogP contribution < -0.4 is 11.3 Å². The zero-order valence-corrected chi connectivity index (χ0v) is 11.6. The standard InChI is InChI=1S/C13H16N4OS/c1-9-6-10-12(18)16(4-5-17(10)15-9)8-13(2-3-13)7-11(14)19/h4-6H,2-3,7-8H2,1H3,(H2,14,19). The summed E-state index contributed by atoms with van der Waals surface area (Å²) in [5.41, 5.74) is 7.20. The summed E-state index contributed by atoms with van der Waals surface area (Å²) in [6, 6.07) is 1.81. The van der Waals surface area contributed by atoms with Gasteiger partial charge in [0, 0.05) is 25.4 Å². The molecule has 2 heterocycles. The Morgan fingerprint density at radius 1 is 1.53 bits per heavy atom. The molecule has 2 aromatic rings. The highest BCUT2D eigenvalue weighted by Crippen LogP contribution is 2.49. The van der Waals surface area contributed by atoms with Gasteiger partial charge in [0.05, 0.1) is 10.7 Å². The Morgan fingerprint density at radius 2 is 2.26 bits per heavy atom. The van der Waals surface area contributed by atoms with Crippen LogP contribution in [0.2, 0.25) is 0 Å². The highest BCUT2D eigenvalue weighted by molar-refractivity contribution is 7.80. The summed E-state index contributed by atoms with van der Waals surface area (Å²) in [7, 11) is 0. The Bertz CT molecular complexity index is 711. The minimum Gasteiger partial charge on any atom is -0.393 e. The van der Waals surface area contributed by atoms with E-state index in [-0.39, 0.29) is 11.0 Å². The second-order valence-electron chi connectivity index (χ2n) is 5.49. The number of hydrogen-bond acceptors (Lipinski definition) is 3. The van der Waals surface area contributed by atoms with Crippen molar-refractivity contribution in [2.75, 3.05) is 0 Å². The minimum atomic E-state index is -0.00249. The van der Waals surface area contributed by atoms with Gasteiger partial charge in [0.1, 0.15) is 5.52 Å². The molecular weight excluding hydrogens is 260 g/mol. The fourth-order valence-electron chi connectivity index (χ4n) is 2.57. The normalized spacial score (nSPS) is 16.7. The monoisotopic (exact) mass is 276 g/mol. The Hall–Kier alpha value is -1.69. The number of aromatic nitrogens is 3. The summed E-state index contributed by atoms with van der Waals surface area (Å²) in [5, 5.41) is 4.24. The average Bonchev–Trinajstić information content (AvgIpc) is 2.94. The molecule has 1 fully saturated rings. The first-order valence-corrected chi connectivity index (χ1v) is 6.74. The van der Waals surface area contributed by atoms with E-state index in [4.69, 9.17) is 18.0 Å². The molecule has 5 nitrogen and oxygen atoms in total. The number of fused-ring (bicyclic) bond motifs is 1. The van der Waals surface area contributed by atoms with Crippen LogP contribution in [0.5, 0.6) is 0 Å². The van der Waals surface area contributed by atoms with Crippen molar-refractivity contribution in [2.24, 2.45) is 11.1 Å². The van der Waals surface area contributed by atoms with Crippen LogP contribution in [0.15, 0.2) is 23.3 Å². The van der Waals surface area contributed by atoms with Gasteiger partial charge in [-0.05, 0) is 31.2 Å². The van der Waals surface area contributed by atoms with Crippen LogP contribution in [0.4, 0.5) is 0 Å². The van der Waals surface area contributed by atoms with Crippen LogP contribution in [-0.2, 0) is 6.54 Å². The summed E-state index contributed by atoms with van der Waals surface area (Å²) in [5.74, 6) is 0. The molecule has 3 rings (SSSR count). The van der Waals surface area contributed by atoms with E-state index in [1.165, 1.54) is 0 Å². The maximum atomic E-state index is 12.4. The van der Waals surface area contributed by atoms with Gasteiger partial charge in [-0.3, -0.25) is 4.79 Å². The van der Waals surface area contributed by atoms with Gasteiger partial charge in [0.2, 0.25) is 0 Å². The van der Waals surface area contributed by atoms with Gasteiger partial charge >= 0.3 is 0 Å². The van der Waals surface area contributed by atoms with Crippen LogP contribution in [0.3, 0.4) is 0 Å². The molecule has 100 valence electrons. The van der Waals surface area contributed by atoms with E-state index in [0.29, 0.717) is 17.0 Å². The molecule has 0 amide bonds. The lowest BCUT2D eigenvalue weighted by Gasteiger charge is -2.15. The molecule has 1 saturated carbocycles. The van der Waals surface area contributed by atoms with E-state index in [2.05, 4.69) is 5.10 Å². The molecule has 6 heteroatoms. The Balaban J connectivity index is 1.95. The highest BCUT2D eigenvalue weighted by atomic mass is 32.1. The van der Waals surface area contributed by atoms with Crippen molar-refractivity contribution in [3.8, 4) is 0 Å². The molecule has 1 aliphatic carbocycles. The summed E-state index contributed by atoms with van der Waals surface area (Å²) in [6.45, 7) is 2.57. The zero-order chi connectivity index (χ0) is 13.6. The molecule has 2 N–H and O–H groups in total. The second-order valence-corrected chi connectivity index (χ2v) is 6.01. The predicted octanol–water partition coefficient (Wildman–Crippen LogP) is 1.26. The first kappa shape index (κ1) is 12.3. The van der Waals surface area contributed by atoms with Gasteiger partial charge < -0.3 is 10.3 Å². The Labute approximate surface area is 116 Å². The van der Waals surface area contributed by atoms with Crippen LogP contribution >= 0.6 is 12.2 Å². The largest absolute Gasteiger partial charge is 0.393 e. The van der Waals surface area contributed by atoms with Crippen LogP contribution in [0, 0.1) is 12.3 Å². The summed E-state index contributed by atoms with van der Waals surface area (Å²) >= 11 is 4.99. The molecule has 0 atom stereocenters. The maximum Gasteiger partial charge on any atom is 0.276 e. The number of nitrogens with two attached hydrogens (primary N) is 1. The third-order valence-electron chi connectivity index (χ3n) is 3.74. The molecule has 0 radical (unpaired) electrons. The van der Waals surface area contributed by atoms with Gasteiger partial charge in [-0.1, -0.05) is 12.2 Å². The summed E-state index contributed by atoms with van der Waals surface area (Å²) in [4.78, 5) is 12.9. The van der Waals surface area contributed by atoms with Crippen LogP contribution in [0.25, 0.3) is 5.52 Å². The van der Waals surface area contributed by atoms with E-state index in [9.17, 15) is 4.79 Å². The van der Waals surface area contributed by atoms with Crippen molar-refractivity contribution in [2.45, 2.75) is 32.7 Å². The molecular formula is C13H16N4OS. The second kappa shape index (κ2) is 4.16. The van der Waals surface area contributed by atoms with Crippen LogP contribution in [0.1, 0.15) is 25.0 Å². The van der Waals surface area contributed by atoms with Crippen molar-refractivity contribution in [3.05, 3.63) is 34.5 Å². The van der Waals surface area contributed by atoms with Gasteiger partial charge in [0.15, 0.2) is 0 Å². The topological polar surface area (TPSA) is 65.3 Å². The fourth-order valence-corrected chi connectivity index (χ4v) is 2.88. The lowest BCUT2D eigenvalue weighted by Crippen LogP contribution is -2.27. The molecule has 1 aliphatic rings. The summed E-state index contributed by atoms with van der Waals surface area (Å²) in [6.07, 6.45) is 6.50. The number of aryl methyl sites for hydroxylation is 1. The lowest BCUT2D eigenvalue weighted by molar-refractivity contribution is 0.430. The fraction of sp³-hybridized carbons (Fsp3) is 0.462. The van der Waals surface area contributed by atoms with Crippen molar-refractivity contribution in [3.63, 3.8) is 0 Å². The van der Waals surface area contributed by atoms with Crippen molar-refractivity contribution < 1.29 is 0 Å². The molecule has 0 spiro atoms.